The highest BCUT2D eigenvalue weighted by molar-refractivity contribution is 5.67. The Morgan fingerprint density at radius 1 is 1.16 bits per heavy atom. The van der Waals surface area contributed by atoms with E-state index in [4.69, 9.17) is 19.3 Å². The molecule has 5 nitrogen and oxygen atoms in total. The first kappa shape index (κ1) is 15.1. The monoisotopic (exact) mass is 268 g/mol. The first-order chi connectivity index (χ1) is 9.04. The number of carboxylic acid groups (broad SMARTS) is 1. The van der Waals surface area contributed by atoms with Gasteiger partial charge in [-0.05, 0) is 18.4 Å². The number of aliphatic carboxylic acids is 1. The minimum Gasteiger partial charge on any atom is -0.493 e. The van der Waals surface area contributed by atoms with E-state index in [2.05, 4.69) is 0 Å². The fraction of sp³-hybridized carbons (Fsp3) is 0.500. The molecule has 0 amide bonds. The summed E-state index contributed by atoms with van der Waals surface area (Å²) in [5.74, 6) is 0.982. The van der Waals surface area contributed by atoms with Crippen LogP contribution < -0.4 is 14.2 Å². The van der Waals surface area contributed by atoms with Crippen LogP contribution in [0, 0.1) is 0 Å². The molecule has 5 heteroatoms. The molecule has 0 spiro atoms. The molecule has 0 aliphatic heterocycles. The quantitative estimate of drug-likeness (QED) is 0.823. The molecule has 0 aromatic heterocycles. The number of benzene rings is 1. The van der Waals surface area contributed by atoms with Crippen LogP contribution in [0.1, 0.15) is 31.2 Å². The Kier molecular flexibility index (Phi) is 5.48. The van der Waals surface area contributed by atoms with E-state index >= 15 is 0 Å². The second kappa shape index (κ2) is 6.87. The predicted molar refractivity (Wildman–Crippen MR) is 71.4 cm³/mol. The minimum atomic E-state index is -0.800. The Hall–Kier alpha value is -1.91. The molecule has 1 aromatic rings. The molecule has 0 radical (unpaired) electrons. The van der Waals surface area contributed by atoms with Crippen LogP contribution in [0.3, 0.4) is 0 Å². The smallest absolute Gasteiger partial charge is 0.303 e. The largest absolute Gasteiger partial charge is 0.493 e. The summed E-state index contributed by atoms with van der Waals surface area (Å²) in [6, 6.07) is 3.68. The zero-order valence-electron chi connectivity index (χ0n) is 11.7. The molecule has 0 bridgehead atoms. The normalized spacial score (nSPS) is 11.8. The summed E-state index contributed by atoms with van der Waals surface area (Å²) in [7, 11) is 4.67. The van der Waals surface area contributed by atoms with Crippen LogP contribution in [0.5, 0.6) is 17.2 Å². The molecule has 1 N–H and O–H groups in total. The summed E-state index contributed by atoms with van der Waals surface area (Å²) in [5.41, 5.74) is 0.918. The van der Waals surface area contributed by atoms with Gasteiger partial charge in [-0.3, -0.25) is 4.79 Å². The Morgan fingerprint density at radius 3 is 2.26 bits per heavy atom. The third kappa shape index (κ3) is 3.53. The van der Waals surface area contributed by atoms with E-state index in [9.17, 15) is 4.79 Å². The standard InChI is InChI=1S/C14H20O5/c1-9(5-8-12(15)16)10-6-7-11(17-2)14(19-4)13(10)18-3/h6-7,9H,5,8H2,1-4H3,(H,15,16). The number of carbonyl (C=O) groups is 1. The van der Waals surface area contributed by atoms with Gasteiger partial charge in [-0.25, -0.2) is 0 Å². The van der Waals surface area contributed by atoms with Crippen LogP contribution in [0.25, 0.3) is 0 Å². The molecule has 0 aliphatic rings. The summed E-state index contributed by atoms with van der Waals surface area (Å²) in [5, 5.41) is 8.74. The van der Waals surface area contributed by atoms with Crippen molar-refractivity contribution < 1.29 is 24.1 Å². The fourth-order valence-corrected chi connectivity index (χ4v) is 2.01. The van der Waals surface area contributed by atoms with Crippen molar-refractivity contribution >= 4 is 5.97 Å². The van der Waals surface area contributed by atoms with E-state index in [-0.39, 0.29) is 12.3 Å². The molecule has 1 atom stereocenters. The summed E-state index contributed by atoms with van der Waals surface area (Å²) in [6.07, 6.45) is 0.667. The van der Waals surface area contributed by atoms with E-state index in [1.54, 1.807) is 27.4 Å². The minimum absolute atomic E-state index is 0.0610. The van der Waals surface area contributed by atoms with Gasteiger partial charge in [-0.15, -0.1) is 0 Å². The fourth-order valence-electron chi connectivity index (χ4n) is 2.01. The molecule has 1 aromatic carbocycles. The van der Waals surface area contributed by atoms with Gasteiger partial charge in [0.1, 0.15) is 0 Å². The van der Waals surface area contributed by atoms with Crippen LogP contribution in [0.4, 0.5) is 0 Å². The molecule has 0 saturated heterocycles. The second-order valence-corrected chi connectivity index (χ2v) is 4.26. The molecule has 0 heterocycles. The SMILES string of the molecule is COc1ccc(C(C)CCC(=O)O)c(OC)c1OC. The van der Waals surface area contributed by atoms with Gasteiger partial charge in [0.05, 0.1) is 21.3 Å². The zero-order valence-corrected chi connectivity index (χ0v) is 11.7. The van der Waals surface area contributed by atoms with Gasteiger partial charge in [0.15, 0.2) is 11.5 Å². The molecule has 0 saturated carbocycles. The lowest BCUT2D eigenvalue weighted by molar-refractivity contribution is -0.137. The van der Waals surface area contributed by atoms with Gasteiger partial charge >= 0.3 is 5.97 Å². The highest BCUT2D eigenvalue weighted by atomic mass is 16.5. The molecule has 1 rings (SSSR count). The van der Waals surface area contributed by atoms with Crippen LogP contribution in [-0.2, 0) is 4.79 Å². The van der Waals surface area contributed by atoms with Gasteiger partial charge < -0.3 is 19.3 Å². The van der Waals surface area contributed by atoms with E-state index in [1.165, 1.54) is 0 Å². The summed E-state index contributed by atoms with van der Waals surface area (Å²) in [6.45, 7) is 1.96. The maximum absolute atomic E-state index is 10.6. The average molecular weight is 268 g/mol. The van der Waals surface area contributed by atoms with Gasteiger partial charge in [-0.2, -0.15) is 0 Å². The lowest BCUT2D eigenvalue weighted by Crippen LogP contribution is -2.04. The van der Waals surface area contributed by atoms with Crippen LogP contribution >= 0.6 is 0 Å². The van der Waals surface area contributed by atoms with E-state index < -0.39 is 5.97 Å². The van der Waals surface area contributed by atoms with E-state index in [0.29, 0.717) is 23.7 Å². The molecule has 0 aliphatic carbocycles. The summed E-state index contributed by atoms with van der Waals surface area (Å²) in [4.78, 5) is 10.6. The maximum atomic E-state index is 10.6. The van der Waals surface area contributed by atoms with Crippen LogP contribution in [0.15, 0.2) is 12.1 Å². The Balaban J connectivity index is 3.09. The van der Waals surface area contributed by atoms with Crippen molar-refractivity contribution in [3.8, 4) is 17.2 Å². The predicted octanol–water partition coefficient (Wildman–Crippen LogP) is 2.68. The lowest BCUT2D eigenvalue weighted by Gasteiger charge is -2.19. The van der Waals surface area contributed by atoms with Gasteiger partial charge in [0, 0.05) is 12.0 Å². The molecular weight excluding hydrogens is 248 g/mol. The zero-order chi connectivity index (χ0) is 14.4. The van der Waals surface area contributed by atoms with Gasteiger partial charge in [0.2, 0.25) is 5.75 Å². The Morgan fingerprint density at radius 2 is 1.79 bits per heavy atom. The highest BCUT2D eigenvalue weighted by Gasteiger charge is 2.20. The number of carboxylic acids is 1. The Labute approximate surface area is 113 Å². The van der Waals surface area contributed by atoms with Crippen molar-refractivity contribution in [3.05, 3.63) is 17.7 Å². The molecule has 1 unspecified atom stereocenters. The van der Waals surface area contributed by atoms with Crippen molar-refractivity contribution in [3.63, 3.8) is 0 Å². The second-order valence-electron chi connectivity index (χ2n) is 4.26. The van der Waals surface area contributed by atoms with Crippen LogP contribution in [-0.4, -0.2) is 32.4 Å². The first-order valence-electron chi connectivity index (χ1n) is 6.05. The topological polar surface area (TPSA) is 65.0 Å². The number of hydrogen-bond acceptors (Lipinski definition) is 4. The highest BCUT2D eigenvalue weighted by Crippen LogP contribution is 2.43. The average Bonchev–Trinajstić information content (AvgIpc) is 2.42. The Bertz CT molecular complexity index is 442. The third-order valence-electron chi connectivity index (χ3n) is 3.06. The van der Waals surface area contributed by atoms with E-state index in [1.807, 2.05) is 13.0 Å². The number of ether oxygens (including phenoxy) is 3. The van der Waals surface area contributed by atoms with Gasteiger partial charge in [-0.1, -0.05) is 13.0 Å². The van der Waals surface area contributed by atoms with Crippen molar-refractivity contribution in [1.29, 1.82) is 0 Å². The van der Waals surface area contributed by atoms with E-state index in [0.717, 1.165) is 5.56 Å². The first-order valence-corrected chi connectivity index (χ1v) is 6.05. The summed E-state index contributed by atoms with van der Waals surface area (Å²) < 4.78 is 15.9. The lowest BCUT2D eigenvalue weighted by atomic mass is 9.94. The molecule has 106 valence electrons. The maximum Gasteiger partial charge on any atom is 0.303 e. The molecule has 0 fully saturated rings. The van der Waals surface area contributed by atoms with Crippen molar-refractivity contribution in [1.82, 2.24) is 0 Å². The van der Waals surface area contributed by atoms with Crippen molar-refractivity contribution in [2.45, 2.75) is 25.7 Å². The van der Waals surface area contributed by atoms with Gasteiger partial charge in [0.25, 0.3) is 0 Å². The summed E-state index contributed by atoms with van der Waals surface area (Å²) >= 11 is 0. The third-order valence-corrected chi connectivity index (χ3v) is 3.06. The molecule has 19 heavy (non-hydrogen) atoms. The van der Waals surface area contributed by atoms with Crippen molar-refractivity contribution in [2.24, 2.45) is 0 Å². The van der Waals surface area contributed by atoms with Crippen molar-refractivity contribution in [2.75, 3.05) is 21.3 Å². The van der Waals surface area contributed by atoms with Crippen LogP contribution in [0.2, 0.25) is 0 Å². The molecular formula is C14H20O5. The number of methoxy groups -OCH3 is 3. The number of hydrogen-bond donors (Lipinski definition) is 1. The number of rotatable bonds is 7.